The van der Waals surface area contributed by atoms with Gasteiger partial charge in [-0.15, -0.1) is 0 Å². The first-order chi connectivity index (χ1) is 9.31. The van der Waals surface area contributed by atoms with Gasteiger partial charge in [0.2, 0.25) is 0 Å². The largest absolute Gasteiger partial charge is 0.444 e. The first-order valence-electron chi connectivity index (χ1n) is 5.88. The molecule has 0 unspecified atom stereocenters. The number of nitrogens with zero attached hydrogens (tertiary/aromatic N) is 1. The van der Waals surface area contributed by atoms with Gasteiger partial charge in [0.15, 0.2) is 6.29 Å². The molecule has 1 N–H and O–H groups in total. The molecule has 0 radical (unpaired) electrons. The van der Waals surface area contributed by atoms with E-state index in [2.05, 4.69) is 38.1 Å². The van der Waals surface area contributed by atoms with E-state index in [4.69, 9.17) is 4.74 Å². The zero-order valence-electron chi connectivity index (χ0n) is 11.5. The first-order valence-corrected chi connectivity index (χ1v) is 6.67. The molecule has 1 amide bonds. The molecule has 0 aliphatic rings. The number of carbonyl (C=O) groups excluding carboxylic acids is 2. The molecule has 0 saturated carbocycles. The number of alkyl carbamates (subject to hydrolysis) is 1. The molecule has 0 aromatic carbocycles. The molecular weight excluding hydrogens is 324 g/mol. The number of amides is 1. The summed E-state index contributed by atoms with van der Waals surface area (Å²) in [7, 11) is 0. The third-order valence-corrected chi connectivity index (χ3v) is 2.37. The Bertz CT molecular complexity index is 568. The topological polar surface area (TPSA) is 68.3 Å². The van der Waals surface area contributed by atoms with E-state index in [-0.39, 0.29) is 12.2 Å². The molecule has 6 heteroatoms. The van der Waals surface area contributed by atoms with Crippen LogP contribution in [0.1, 0.15) is 36.8 Å². The third-order valence-electron chi connectivity index (χ3n) is 1.94. The van der Waals surface area contributed by atoms with Crippen LogP contribution in [0.4, 0.5) is 4.79 Å². The van der Waals surface area contributed by atoms with Crippen molar-refractivity contribution in [2.75, 3.05) is 6.54 Å². The van der Waals surface area contributed by atoms with Gasteiger partial charge in [0.05, 0.1) is 12.1 Å². The quantitative estimate of drug-likeness (QED) is 0.664. The summed E-state index contributed by atoms with van der Waals surface area (Å²) in [5.41, 5.74) is 0.217. The van der Waals surface area contributed by atoms with Crippen molar-refractivity contribution in [1.82, 2.24) is 10.3 Å². The van der Waals surface area contributed by atoms with Gasteiger partial charge < -0.3 is 10.1 Å². The summed E-state index contributed by atoms with van der Waals surface area (Å²) < 4.78 is 5.79. The van der Waals surface area contributed by atoms with Gasteiger partial charge in [-0.05, 0) is 42.8 Å². The molecule has 0 bridgehead atoms. The Morgan fingerprint density at radius 1 is 1.55 bits per heavy atom. The molecule has 0 atom stereocenters. The maximum atomic E-state index is 11.4. The van der Waals surface area contributed by atoms with Crippen LogP contribution in [0.25, 0.3) is 0 Å². The van der Waals surface area contributed by atoms with E-state index in [1.165, 1.54) is 6.20 Å². The van der Waals surface area contributed by atoms with Crippen molar-refractivity contribution in [1.29, 1.82) is 0 Å². The number of aldehydes is 1. The standard InChI is InChI=1S/C14H15BrN2O3/c1-14(2,3)20-13(19)16-6-4-5-10-7-11(15)8-17-12(10)9-18/h7-9H,6H2,1-3H3,(H,16,19). The first kappa shape index (κ1) is 16.2. The van der Waals surface area contributed by atoms with Crippen LogP contribution in [0.5, 0.6) is 0 Å². The van der Waals surface area contributed by atoms with Gasteiger partial charge in [-0.2, -0.15) is 0 Å². The van der Waals surface area contributed by atoms with Gasteiger partial charge in [0.1, 0.15) is 11.3 Å². The van der Waals surface area contributed by atoms with Crippen molar-refractivity contribution in [3.8, 4) is 11.8 Å². The van der Waals surface area contributed by atoms with Gasteiger partial charge in [-0.3, -0.25) is 9.78 Å². The van der Waals surface area contributed by atoms with Gasteiger partial charge in [-0.25, -0.2) is 4.79 Å². The number of rotatable bonds is 2. The minimum absolute atomic E-state index is 0.125. The third kappa shape index (κ3) is 5.85. The number of ether oxygens (including phenoxy) is 1. The smallest absolute Gasteiger partial charge is 0.408 e. The molecule has 0 spiro atoms. The molecule has 1 heterocycles. The van der Waals surface area contributed by atoms with Crippen molar-refractivity contribution in [2.45, 2.75) is 26.4 Å². The van der Waals surface area contributed by atoms with Gasteiger partial charge >= 0.3 is 6.09 Å². The van der Waals surface area contributed by atoms with Crippen LogP contribution in [-0.4, -0.2) is 29.5 Å². The van der Waals surface area contributed by atoms with Crippen LogP contribution in [0.15, 0.2) is 16.7 Å². The average molecular weight is 339 g/mol. The molecule has 0 saturated heterocycles. The molecule has 0 aliphatic carbocycles. The summed E-state index contributed by atoms with van der Waals surface area (Å²) in [4.78, 5) is 26.1. The second kappa shape index (κ2) is 7.06. The molecule has 0 aliphatic heterocycles. The van der Waals surface area contributed by atoms with E-state index < -0.39 is 11.7 Å². The van der Waals surface area contributed by atoms with Crippen molar-refractivity contribution >= 4 is 28.3 Å². The summed E-state index contributed by atoms with van der Waals surface area (Å²) >= 11 is 3.25. The predicted octanol–water partition coefficient (Wildman–Crippen LogP) is 2.53. The van der Waals surface area contributed by atoms with Crippen LogP contribution in [0, 0.1) is 11.8 Å². The highest BCUT2D eigenvalue weighted by Gasteiger charge is 2.15. The molecule has 1 aromatic rings. The number of aromatic nitrogens is 1. The fourth-order valence-electron chi connectivity index (χ4n) is 1.21. The number of carbonyl (C=O) groups is 2. The average Bonchev–Trinajstić information content (AvgIpc) is 2.33. The Balaban J connectivity index is 2.61. The lowest BCUT2D eigenvalue weighted by molar-refractivity contribution is 0.0535. The molecule has 1 aromatic heterocycles. The van der Waals surface area contributed by atoms with E-state index in [9.17, 15) is 9.59 Å². The summed E-state index contributed by atoms with van der Waals surface area (Å²) in [6.45, 7) is 5.46. The second-order valence-electron chi connectivity index (χ2n) is 4.86. The van der Waals surface area contributed by atoms with E-state index in [1.54, 1.807) is 26.8 Å². The summed E-state index contributed by atoms with van der Waals surface area (Å²) in [6, 6.07) is 1.69. The highest BCUT2D eigenvalue weighted by atomic mass is 79.9. The molecule has 106 valence electrons. The minimum atomic E-state index is -0.545. The number of nitrogens with one attached hydrogen (secondary N) is 1. The normalized spacial score (nSPS) is 10.2. The van der Waals surface area contributed by atoms with Crippen LogP contribution in [0.3, 0.4) is 0 Å². The van der Waals surface area contributed by atoms with E-state index in [0.29, 0.717) is 11.8 Å². The van der Waals surface area contributed by atoms with Gasteiger partial charge in [-0.1, -0.05) is 11.8 Å². The molecule has 20 heavy (non-hydrogen) atoms. The van der Waals surface area contributed by atoms with E-state index >= 15 is 0 Å². The minimum Gasteiger partial charge on any atom is -0.444 e. The zero-order valence-corrected chi connectivity index (χ0v) is 13.1. The van der Waals surface area contributed by atoms with Crippen LogP contribution < -0.4 is 5.32 Å². The summed E-state index contributed by atoms with van der Waals surface area (Å²) in [6.07, 6.45) is 1.63. The van der Waals surface area contributed by atoms with Crippen molar-refractivity contribution < 1.29 is 14.3 Å². The fourth-order valence-corrected chi connectivity index (χ4v) is 1.55. The monoisotopic (exact) mass is 338 g/mol. The van der Waals surface area contributed by atoms with Crippen LogP contribution in [0.2, 0.25) is 0 Å². The van der Waals surface area contributed by atoms with Crippen molar-refractivity contribution in [2.24, 2.45) is 0 Å². The van der Waals surface area contributed by atoms with Crippen molar-refractivity contribution in [3.63, 3.8) is 0 Å². The van der Waals surface area contributed by atoms with Gasteiger partial charge in [0, 0.05) is 10.7 Å². The van der Waals surface area contributed by atoms with E-state index in [0.717, 1.165) is 4.47 Å². The lowest BCUT2D eigenvalue weighted by Crippen LogP contribution is -2.32. The van der Waals surface area contributed by atoms with E-state index in [1.807, 2.05) is 0 Å². The lowest BCUT2D eigenvalue weighted by atomic mass is 10.2. The van der Waals surface area contributed by atoms with Crippen LogP contribution in [-0.2, 0) is 4.74 Å². The second-order valence-corrected chi connectivity index (χ2v) is 5.78. The lowest BCUT2D eigenvalue weighted by Gasteiger charge is -2.19. The maximum Gasteiger partial charge on any atom is 0.408 e. The Kier molecular flexibility index (Phi) is 5.71. The van der Waals surface area contributed by atoms with Crippen molar-refractivity contribution in [3.05, 3.63) is 28.0 Å². The summed E-state index contributed by atoms with van der Waals surface area (Å²) in [5.74, 6) is 5.52. The highest BCUT2D eigenvalue weighted by molar-refractivity contribution is 9.10. The zero-order chi connectivity index (χ0) is 15.2. The Labute approximate surface area is 126 Å². The Morgan fingerprint density at radius 2 is 2.25 bits per heavy atom. The van der Waals surface area contributed by atoms with Crippen LogP contribution >= 0.6 is 15.9 Å². The maximum absolute atomic E-state index is 11.4. The molecule has 1 rings (SSSR count). The van der Waals surface area contributed by atoms with Gasteiger partial charge in [0.25, 0.3) is 0 Å². The number of hydrogen-bond donors (Lipinski definition) is 1. The Hall–Kier alpha value is -1.87. The fraction of sp³-hybridized carbons (Fsp3) is 0.357. The number of halogens is 1. The molecule has 5 nitrogen and oxygen atoms in total. The predicted molar refractivity (Wildman–Crippen MR) is 78.4 cm³/mol. The highest BCUT2D eigenvalue weighted by Crippen LogP contribution is 2.11. The Morgan fingerprint density at radius 3 is 2.85 bits per heavy atom. The SMILES string of the molecule is CC(C)(C)OC(=O)NCC#Cc1cc(Br)cnc1C=O. The summed E-state index contributed by atoms with van der Waals surface area (Å²) in [5, 5.41) is 2.51. The number of pyridine rings is 1. The molecule has 0 fully saturated rings. The number of hydrogen-bond acceptors (Lipinski definition) is 4. The molecular formula is C14H15BrN2O3.